The van der Waals surface area contributed by atoms with Gasteiger partial charge in [-0.1, -0.05) is 0 Å². The molecule has 7 nitrogen and oxygen atoms in total. The van der Waals surface area contributed by atoms with E-state index in [1.54, 1.807) is 12.4 Å². The summed E-state index contributed by atoms with van der Waals surface area (Å²) < 4.78 is 31.3. The highest BCUT2D eigenvalue weighted by Gasteiger charge is 2.14. The van der Waals surface area contributed by atoms with E-state index < -0.39 is 10.0 Å². The minimum absolute atomic E-state index is 0.101. The lowest BCUT2D eigenvalue weighted by Gasteiger charge is -2.08. The van der Waals surface area contributed by atoms with E-state index in [4.69, 9.17) is 4.74 Å². The van der Waals surface area contributed by atoms with Crippen molar-refractivity contribution in [1.82, 2.24) is 15.0 Å². The van der Waals surface area contributed by atoms with Crippen LogP contribution in [0.3, 0.4) is 0 Å². The Kier molecular flexibility index (Phi) is 6.42. The Morgan fingerprint density at radius 2 is 1.79 bits per heavy atom. The number of methoxy groups -OCH3 is 1. The summed E-state index contributed by atoms with van der Waals surface area (Å²) in [5, 5.41) is 2.77. The first-order chi connectivity index (χ1) is 11.5. The van der Waals surface area contributed by atoms with Crippen LogP contribution in [0.1, 0.15) is 15.9 Å². The molecule has 128 valence electrons. The van der Waals surface area contributed by atoms with E-state index >= 15 is 0 Å². The van der Waals surface area contributed by atoms with Crippen molar-refractivity contribution in [3.8, 4) is 0 Å². The van der Waals surface area contributed by atoms with Crippen LogP contribution in [0.2, 0.25) is 0 Å². The monoisotopic (exact) mass is 349 g/mol. The van der Waals surface area contributed by atoms with Gasteiger partial charge in [0.2, 0.25) is 10.0 Å². The Morgan fingerprint density at radius 1 is 1.12 bits per heavy atom. The third-order valence-corrected chi connectivity index (χ3v) is 4.70. The van der Waals surface area contributed by atoms with Gasteiger partial charge in [-0.2, -0.15) is 0 Å². The molecule has 0 aliphatic heterocycles. The number of pyridine rings is 1. The van der Waals surface area contributed by atoms with E-state index in [0.29, 0.717) is 12.1 Å². The summed E-state index contributed by atoms with van der Waals surface area (Å²) in [4.78, 5) is 16.1. The van der Waals surface area contributed by atoms with Crippen molar-refractivity contribution in [2.45, 2.75) is 11.4 Å². The zero-order valence-corrected chi connectivity index (χ0v) is 14.0. The van der Waals surface area contributed by atoms with Crippen LogP contribution in [0, 0.1) is 0 Å². The number of hydrogen-bond donors (Lipinski definition) is 2. The second-order valence-corrected chi connectivity index (χ2v) is 6.72. The maximum absolute atomic E-state index is 12.1. The molecule has 2 aromatic rings. The average molecular weight is 349 g/mol. The average Bonchev–Trinajstić information content (AvgIpc) is 2.61. The van der Waals surface area contributed by atoms with Crippen molar-refractivity contribution in [1.29, 1.82) is 0 Å². The molecule has 0 saturated carbocycles. The number of carbonyl (C=O) groups excluding carboxylic acids is 1. The molecule has 0 radical (unpaired) electrons. The molecule has 1 amide bonds. The summed E-state index contributed by atoms with van der Waals surface area (Å²) in [5.74, 6) is -0.275. The van der Waals surface area contributed by atoms with Crippen LogP contribution in [0.4, 0.5) is 0 Å². The zero-order chi connectivity index (χ0) is 17.4. The van der Waals surface area contributed by atoms with Crippen LogP contribution in [0.15, 0.2) is 53.7 Å². The Labute approximate surface area is 141 Å². The SMILES string of the molecule is COCCNS(=O)(=O)c1ccc(C(=O)NCc2ccncc2)cc1. The molecule has 0 fully saturated rings. The molecule has 1 aromatic carbocycles. The molecule has 1 heterocycles. The molecule has 8 heteroatoms. The Bertz CT molecular complexity index is 762. The van der Waals surface area contributed by atoms with E-state index in [1.165, 1.54) is 31.4 Å². The first-order valence-electron chi connectivity index (χ1n) is 7.29. The molecular formula is C16H19N3O4S. The first kappa shape index (κ1) is 18.1. The normalized spacial score (nSPS) is 11.2. The lowest BCUT2D eigenvalue weighted by atomic mass is 10.2. The van der Waals surface area contributed by atoms with Crippen molar-refractivity contribution in [3.05, 3.63) is 59.9 Å². The maximum Gasteiger partial charge on any atom is 0.251 e. The number of rotatable bonds is 8. The van der Waals surface area contributed by atoms with Gasteiger partial charge in [0.15, 0.2) is 0 Å². The number of nitrogens with zero attached hydrogens (tertiary/aromatic N) is 1. The van der Waals surface area contributed by atoms with Crippen LogP contribution in [0.5, 0.6) is 0 Å². The Morgan fingerprint density at radius 3 is 2.42 bits per heavy atom. The molecule has 2 N–H and O–H groups in total. The van der Waals surface area contributed by atoms with Gasteiger partial charge in [-0.25, -0.2) is 13.1 Å². The van der Waals surface area contributed by atoms with Crippen molar-refractivity contribution < 1.29 is 17.9 Å². The second-order valence-electron chi connectivity index (χ2n) is 4.95. The molecule has 0 atom stereocenters. The molecular weight excluding hydrogens is 330 g/mol. The number of amides is 1. The van der Waals surface area contributed by atoms with Gasteiger partial charge >= 0.3 is 0 Å². The van der Waals surface area contributed by atoms with Gasteiger partial charge in [0.25, 0.3) is 5.91 Å². The number of sulfonamides is 1. The summed E-state index contributed by atoms with van der Waals surface area (Å²) in [6.45, 7) is 0.849. The molecule has 0 aliphatic carbocycles. The molecule has 0 saturated heterocycles. The van der Waals surface area contributed by atoms with Gasteiger partial charge in [0, 0.05) is 38.2 Å². The fourth-order valence-electron chi connectivity index (χ4n) is 1.93. The molecule has 0 aliphatic rings. The Balaban J connectivity index is 1.97. The summed E-state index contributed by atoms with van der Waals surface area (Å²) in [5.41, 5.74) is 1.32. The third kappa shape index (κ3) is 5.12. The topological polar surface area (TPSA) is 97.4 Å². The van der Waals surface area contributed by atoms with Crippen LogP contribution in [0.25, 0.3) is 0 Å². The van der Waals surface area contributed by atoms with E-state index in [2.05, 4.69) is 15.0 Å². The molecule has 0 unspecified atom stereocenters. The van der Waals surface area contributed by atoms with E-state index in [1.807, 2.05) is 12.1 Å². The minimum atomic E-state index is -3.60. The van der Waals surface area contributed by atoms with Gasteiger partial charge in [0.1, 0.15) is 0 Å². The van der Waals surface area contributed by atoms with E-state index in [-0.39, 0.29) is 24.0 Å². The van der Waals surface area contributed by atoms with E-state index in [9.17, 15) is 13.2 Å². The first-order valence-corrected chi connectivity index (χ1v) is 8.77. The largest absolute Gasteiger partial charge is 0.383 e. The number of carbonyl (C=O) groups is 1. The van der Waals surface area contributed by atoms with Crippen LogP contribution >= 0.6 is 0 Å². The zero-order valence-electron chi connectivity index (χ0n) is 13.2. The molecule has 24 heavy (non-hydrogen) atoms. The van der Waals surface area contributed by atoms with Crippen molar-refractivity contribution in [2.24, 2.45) is 0 Å². The van der Waals surface area contributed by atoms with Gasteiger partial charge in [0.05, 0.1) is 11.5 Å². The number of aromatic nitrogens is 1. The van der Waals surface area contributed by atoms with Crippen molar-refractivity contribution in [2.75, 3.05) is 20.3 Å². The summed E-state index contributed by atoms with van der Waals surface area (Å²) >= 11 is 0. The predicted octanol–water partition coefficient (Wildman–Crippen LogP) is 0.936. The number of hydrogen-bond acceptors (Lipinski definition) is 5. The van der Waals surface area contributed by atoms with Gasteiger partial charge in [-0.05, 0) is 42.0 Å². The smallest absolute Gasteiger partial charge is 0.251 e. The van der Waals surface area contributed by atoms with Crippen molar-refractivity contribution in [3.63, 3.8) is 0 Å². The fraction of sp³-hybridized carbons (Fsp3) is 0.250. The number of benzene rings is 1. The van der Waals surface area contributed by atoms with Gasteiger partial charge in [-0.15, -0.1) is 0 Å². The maximum atomic E-state index is 12.1. The van der Waals surface area contributed by atoms with Crippen LogP contribution < -0.4 is 10.0 Å². The molecule has 1 aromatic heterocycles. The minimum Gasteiger partial charge on any atom is -0.383 e. The predicted molar refractivity (Wildman–Crippen MR) is 88.9 cm³/mol. The highest BCUT2D eigenvalue weighted by Crippen LogP contribution is 2.10. The lowest BCUT2D eigenvalue weighted by molar-refractivity contribution is 0.0951. The second kappa shape index (κ2) is 8.53. The van der Waals surface area contributed by atoms with Crippen LogP contribution in [-0.2, 0) is 21.3 Å². The molecule has 0 spiro atoms. The molecule has 0 bridgehead atoms. The Hall–Kier alpha value is -2.29. The summed E-state index contributed by atoms with van der Waals surface area (Å²) in [6.07, 6.45) is 3.30. The quantitative estimate of drug-likeness (QED) is 0.691. The number of nitrogens with one attached hydrogen (secondary N) is 2. The lowest BCUT2D eigenvalue weighted by Crippen LogP contribution is -2.27. The summed E-state index contributed by atoms with van der Waals surface area (Å²) in [7, 11) is -2.11. The number of ether oxygens (including phenoxy) is 1. The van der Waals surface area contributed by atoms with Gasteiger partial charge < -0.3 is 10.1 Å². The highest BCUT2D eigenvalue weighted by molar-refractivity contribution is 7.89. The van der Waals surface area contributed by atoms with Crippen molar-refractivity contribution >= 4 is 15.9 Å². The standard InChI is InChI=1S/C16H19N3O4S/c1-23-11-10-19-24(21,22)15-4-2-14(3-5-15)16(20)18-12-13-6-8-17-9-7-13/h2-9,19H,10-12H2,1H3,(H,18,20). The summed E-state index contributed by atoms with van der Waals surface area (Å²) in [6, 6.07) is 9.37. The fourth-order valence-corrected chi connectivity index (χ4v) is 2.95. The highest BCUT2D eigenvalue weighted by atomic mass is 32.2. The van der Waals surface area contributed by atoms with E-state index in [0.717, 1.165) is 5.56 Å². The molecule has 2 rings (SSSR count). The van der Waals surface area contributed by atoms with Gasteiger partial charge in [-0.3, -0.25) is 9.78 Å². The van der Waals surface area contributed by atoms with Crippen LogP contribution in [-0.4, -0.2) is 39.6 Å². The third-order valence-electron chi connectivity index (χ3n) is 3.23.